The fraction of sp³-hybridized carbons (Fsp3) is 0.263. The summed E-state index contributed by atoms with van der Waals surface area (Å²) in [6.07, 6.45) is 4.45. The van der Waals surface area contributed by atoms with Crippen LogP contribution in [0.25, 0.3) is 11.4 Å². The maximum absolute atomic E-state index is 12.2. The molecule has 2 aromatic heterocycles. The van der Waals surface area contributed by atoms with Crippen molar-refractivity contribution >= 4 is 5.97 Å². The molecule has 0 saturated heterocycles. The lowest BCUT2D eigenvalue weighted by Crippen LogP contribution is -2.09. The molecule has 3 rings (SSSR count). The van der Waals surface area contributed by atoms with Gasteiger partial charge >= 0.3 is 5.97 Å². The highest BCUT2D eigenvalue weighted by molar-refractivity contribution is 5.92. The minimum atomic E-state index is -0.410. The molecule has 26 heavy (non-hydrogen) atoms. The van der Waals surface area contributed by atoms with Gasteiger partial charge in [-0.05, 0) is 37.6 Å². The molecule has 0 radical (unpaired) electrons. The number of carbonyl (C=O) groups is 1. The largest absolute Gasteiger partial charge is 0.496 e. The van der Waals surface area contributed by atoms with Crippen molar-refractivity contribution in [1.82, 2.24) is 15.1 Å². The number of pyridine rings is 1. The molecule has 0 saturated carbocycles. The Hall–Kier alpha value is -3.22. The van der Waals surface area contributed by atoms with Gasteiger partial charge in [0.2, 0.25) is 11.7 Å². The molecule has 7 heteroatoms. The third-order valence-corrected chi connectivity index (χ3v) is 3.73. The van der Waals surface area contributed by atoms with Crippen molar-refractivity contribution in [3.8, 4) is 17.1 Å². The van der Waals surface area contributed by atoms with E-state index in [1.165, 1.54) is 7.11 Å². The van der Waals surface area contributed by atoms with Crippen molar-refractivity contribution in [2.45, 2.75) is 19.8 Å². The summed E-state index contributed by atoms with van der Waals surface area (Å²) in [5.41, 5.74) is 2.18. The van der Waals surface area contributed by atoms with E-state index in [1.54, 1.807) is 24.5 Å². The number of hydrogen-bond donors (Lipinski definition) is 0. The molecule has 0 aliphatic heterocycles. The number of aryl methyl sites for hydroxylation is 2. The third kappa shape index (κ3) is 4.24. The molecular weight excluding hydrogens is 334 g/mol. The maximum Gasteiger partial charge on any atom is 0.341 e. The van der Waals surface area contributed by atoms with Crippen LogP contribution in [0.1, 0.15) is 28.2 Å². The topological polar surface area (TPSA) is 87.3 Å². The van der Waals surface area contributed by atoms with Crippen molar-refractivity contribution in [1.29, 1.82) is 0 Å². The average Bonchev–Trinajstić information content (AvgIpc) is 3.14. The zero-order valence-corrected chi connectivity index (χ0v) is 14.6. The van der Waals surface area contributed by atoms with Crippen molar-refractivity contribution in [2.24, 2.45) is 0 Å². The van der Waals surface area contributed by atoms with E-state index in [2.05, 4.69) is 15.1 Å². The van der Waals surface area contributed by atoms with Crippen LogP contribution in [0.15, 0.2) is 47.2 Å². The van der Waals surface area contributed by atoms with Crippen LogP contribution >= 0.6 is 0 Å². The van der Waals surface area contributed by atoms with Crippen LogP contribution in [0.3, 0.4) is 0 Å². The Balaban J connectivity index is 1.51. The van der Waals surface area contributed by atoms with Crippen LogP contribution in [0, 0.1) is 6.92 Å². The molecule has 0 aliphatic carbocycles. The fourth-order valence-corrected chi connectivity index (χ4v) is 2.42. The van der Waals surface area contributed by atoms with Gasteiger partial charge in [-0.2, -0.15) is 4.98 Å². The zero-order valence-electron chi connectivity index (χ0n) is 14.6. The Kier molecular flexibility index (Phi) is 5.58. The number of benzene rings is 1. The normalized spacial score (nSPS) is 10.5. The van der Waals surface area contributed by atoms with E-state index in [0.717, 1.165) is 11.1 Å². The van der Waals surface area contributed by atoms with E-state index in [0.29, 0.717) is 35.9 Å². The number of methoxy groups -OCH3 is 1. The number of carbonyl (C=O) groups excluding carboxylic acids is 1. The van der Waals surface area contributed by atoms with E-state index in [9.17, 15) is 4.79 Å². The molecule has 0 aliphatic rings. The van der Waals surface area contributed by atoms with Crippen LogP contribution in [0.4, 0.5) is 0 Å². The molecule has 0 unspecified atom stereocenters. The maximum atomic E-state index is 12.2. The molecule has 0 amide bonds. The first-order chi connectivity index (χ1) is 12.7. The molecule has 0 atom stereocenters. The van der Waals surface area contributed by atoms with Crippen molar-refractivity contribution in [3.63, 3.8) is 0 Å². The molecule has 2 heterocycles. The number of esters is 1. The van der Waals surface area contributed by atoms with Gasteiger partial charge in [-0.25, -0.2) is 4.79 Å². The minimum absolute atomic E-state index is 0.251. The lowest BCUT2D eigenvalue weighted by molar-refractivity contribution is 0.0494. The van der Waals surface area contributed by atoms with Gasteiger partial charge in [0.25, 0.3) is 0 Å². The van der Waals surface area contributed by atoms with Gasteiger partial charge in [0, 0.05) is 24.4 Å². The second-order valence-electron chi connectivity index (χ2n) is 5.70. The lowest BCUT2D eigenvalue weighted by atomic mass is 10.1. The number of nitrogens with zero attached hydrogens (tertiary/aromatic N) is 3. The zero-order chi connectivity index (χ0) is 18.4. The summed E-state index contributed by atoms with van der Waals surface area (Å²) in [6.45, 7) is 2.16. The second-order valence-corrected chi connectivity index (χ2v) is 5.70. The highest BCUT2D eigenvalue weighted by atomic mass is 16.5. The summed E-state index contributed by atoms with van der Waals surface area (Å²) < 4.78 is 15.7. The van der Waals surface area contributed by atoms with Crippen LogP contribution in [-0.4, -0.2) is 34.8 Å². The van der Waals surface area contributed by atoms with Gasteiger partial charge in [-0.15, -0.1) is 0 Å². The Morgan fingerprint density at radius 1 is 1.27 bits per heavy atom. The molecular formula is C19H19N3O4. The van der Waals surface area contributed by atoms with Gasteiger partial charge in [-0.3, -0.25) is 4.98 Å². The SMILES string of the molecule is COc1ccc(C)cc1C(=O)OCCCc1nc(-c2cccnc2)no1. The van der Waals surface area contributed by atoms with Crippen LogP contribution in [0.5, 0.6) is 5.75 Å². The summed E-state index contributed by atoms with van der Waals surface area (Å²) in [4.78, 5) is 20.6. The summed E-state index contributed by atoms with van der Waals surface area (Å²) in [6, 6.07) is 9.05. The molecule has 134 valence electrons. The van der Waals surface area contributed by atoms with Gasteiger partial charge in [0.05, 0.1) is 13.7 Å². The Morgan fingerprint density at radius 3 is 2.92 bits per heavy atom. The van der Waals surface area contributed by atoms with Crippen LogP contribution < -0.4 is 4.74 Å². The number of rotatable bonds is 7. The summed E-state index contributed by atoms with van der Waals surface area (Å²) >= 11 is 0. The highest BCUT2D eigenvalue weighted by Crippen LogP contribution is 2.20. The number of hydrogen-bond acceptors (Lipinski definition) is 7. The van der Waals surface area contributed by atoms with E-state index < -0.39 is 5.97 Å². The summed E-state index contributed by atoms with van der Waals surface area (Å²) in [5, 5.41) is 3.93. The van der Waals surface area contributed by atoms with E-state index in [4.69, 9.17) is 14.0 Å². The third-order valence-electron chi connectivity index (χ3n) is 3.73. The van der Waals surface area contributed by atoms with Crippen LogP contribution in [0.2, 0.25) is 0 Å². The first-order valence-electron chi connectivity index (χ1n) is 8.22. The van der Waals surface area contributed by atoms with Gasteiger partial charge < -0.3 is 14.0 Å². The van der Waals surface area contributed by atoms with Crippen molar-refractivity contribution < 1.29 is 18.8 Å². The predicted octanol–water partition coefficient (Wildman–Crippen LogP) is 3.24. The number of ether oxygens (including phenoxy) is 2. The Bertz CT molecular complexity index is 878. The lowest BCUT2D eigenvalue weighted by Gasteiger charge is -2.09. The van der Waals surface area contributed by atoms with E-state index >= 15 is 0 Å². The van der Waals surface area contributed by atoms with E-state index in [-0.39, 0.29) is 6.61 Å². The second kappa shape index (κ2) is 8.24. The minimum Gasteiger partial charge on any atom is -0.496 e. The Labute approximate surface area is 151 Å². The molecule has 3 aromatic rings. The molecule has 7 nitrogen and oxygen atoms in total. The average molecular weight is 353 g/mol. The van der Waals surface area contributed by atoms with Crippen molar-refractivity contribution in [3.05, 3.63) is 59.7 Å². The molecule has 0 bridgehead atoms. The van der Waals surface area contributed by atoms with Crippen molar-refractivity contribution in [2.75, 3.05) is 13.7 Å². The highest BCUT2D eigenvalue weighted by Gasteiger charge is 2.14. The van der Waals surface area contributed by atoms with Gasteiger partial charge in [0.15, 0.2) is 0 Å². The predicted molar refractivity (Wildman–Crippen MR) is 93.9 cm³/mol. The van der Waals surface area contributed by atoms with Gasteiger partial charge in [-0.1, -0.05) is 16.8 Å². The monoisotopic (exact) mass is 353 g/mol. The molecule has 0 spiro atoms. The van der Waals surface area contributed by atoms with Crippen LogP contribution in [-0.2, 0) is 11.2 Å². The molecule has 0 N–H and O–H groups in total. The first kappa shape index (κ1) is 17.6. The quantitative estimate of drug-likeness (QED) is 0.476. The summed E-state index contributed by atoms with van der Waals surface area (Å²) in [7, 11) is 1.52. The molecule has 0 fully saturated rings. The smallest absolute Gasteiger partial charge is 0.341 e. The first-order valence-corrected chi connectivity index (χ1v) is 8.22. The summed E-state index contributed by atoms with van der Waals surface area (Å²) in [5.74, 6) is 1.08. The molecule has 1 aromatic carbocycles. The van der Waals surface area contributed by atoms with E-state index in [1.807, 2.05) is 25.1 Å². The fourth-order valence-electron chi connectivity index (χ4n) is 2.42. The standard InChI is InChI=1S/C19H19N3O4/c1-13-7-8-16(24-2)15(11-13)19(23)25-10-4-6-17-21-18(22-26-17)14-5-3-9-20-12-14/h3,5,7-9,11-12H,4,6,10H2,1-2H3. The van der Waals surface area contributed by atoms with Gasteiger partial charge in [0.1, 0.15) is 11.3 Å². The Morgan fingerprint density at radius 2 is 2.15 bits per heavy atom. The number of aromatic nitrogens is 3.